The fourth-order valence-electron chi connectivity index (χ4n) is 8.87. The molecule has 1 aliphatic carbocycles. The summed E-state index contributed by atoms with van der Waals surface area (Å²) in [6.07, 6.45) is 4.61. The van der Waals surface area contributed by atoms with Gasteiger partial charge in [-0.25, -0.2) is 23.9 Å². The molecule has 4 amide bonds. The van der Waals surface area contributed by atoms with Gasteiger partial charge in [-0.2, -0.15) is 0 Å². The minimum Gasteiger partial charge on any atom is -0.453 e. The second kappa shape index (κ2) is 18.1. The number of nitrogens with zero attached hydrogens (tertiary/aromatic N) is 4. The molecule has 4 N–H and O–H groups in total. The van der Waals surface area contributed by atoms with Crippen molar-refractivity contribution >= 4 is 45.8 Å². The molecule has 60 heavy (non-hydrogen) atoms. The van der Waals surface area contributed by atoms with Crippen molar-refractivity contribution in [3.63, 3.8) is 0 Å². The van der Waals surface area contributed by atoms with Crippen LogP contribution in [0, 0.1) is 5.92 Å². The van der Waals surface area contributed by atoms with E-state index in [9.17, 15) is 19.2 Å². The Morgan fingerprint density at radius 2 is 1.58 bits per heavy atom. The lowest BCUT2D eigenvalue weighted by molar-refractivity contribution is -0.135. The van der Waals surface area contributed by atoms with Crippen molar-refractivity contribution in [3.8, 4) is 22.4 Å². The monoisotopic (exact) mass is 822 g/mol. The highest BCUT2D eigenvalue weighted by Crippen LogP contribution is 2.46. The van der Waals surface area contributed by atoms with Gasteiger partial charge in [0.25, 0.3) is 0 Å². The third-order valence-corrected chi connectivity index (χ3v) is 11.7. The molecular weight excluding hydrogens is 768 g/mol. The van der Waals surface area contributed by atoms with Gasteiger partial charge in [0.2, 0.25) is 11.8 Å². The van der Waals surface area contributed by atoms with E-state index >= 15 is 4.39 Å². The number of nitrogens with one attached hydrogen (secondary N) is 4. The number of benzene rings is 3. The van der Waals surface area contributed by atoms with Gasteiger partial charge in [-0.05, 0) is 84.2 Å². The predicted octanol–water partition coefficient (Wildman–Crippen LogP) is 8.21. The van der Waals surface area contributed by atoms with Crippen molar-refractivity contribution in [2.75, 3.05) is 33.9 Å². The van der Waals surface area contributed by atoms with Gasteiger partial charge in [0, 0.05) is 24.0 Å². The number of halogens is 1. The summed E-state index contributed by atoms with van der Waals surface area (Å²) < 4.78 is 25.2. The van der Waals surface area contributed by atoms with Crippen LogP contribution in [0.4, 0.5) is 14.0 Å². The molecule has 2 fully saturated rings. The molecule has 15 heteroatoms. The number of imidazole rings is 2. The SMILES string of the molecule is CCC.COC(=O)NCC(=O)N1CCCC1c1ncc(-c2ccc(-c3ccc4c(ccc5[nH]c(C6CCCN6C(=O)C(NC(=O)OC)C(C)C)nc54)c3)c3c2C(F)CC3)[nH]1. The number of fused-ring (bicyclic) bond motifs is 4. The molecule has 4 unspecified atom stereocenters. The Bertz CT molecular complexity index is 2390. The van der Waals surface area contributed by atoms with Gasteiger partial charge >= 0.3 is 12.2 Å². The number of alkyl halides is 1. The Morgan fingerprint density at radius 1 is 0.883 bits per heavy atom. The van der Waals surface area contributed by atoms with Crippen molar-refractivity contribution < 1.29 is 33.0 Å². The highest BCUT2D eigenvalue weighted by atomic mass is 19.1. The fraction of sp³-hybridized carbons (Fsp3) is 0.467. The first-order valence-electron chi connectivity index (χ1n) is 21.0. The van der Waals surface area contributed by atoms with Gasteiger partial charge in [0.05, 0.1) is 49.2 Å². The molecule has 4 atom stereocenters. The number of ether oxygens (including phenoxy) is 2. The molecule has 4 heterocycles. The van der Waals surface area contributed by atoms with Gasteiger partial charge in [0.1, 0.15) is 30.4 Å². The van der Waals surface area contributed by atoms with Crippen LogP contribution in [0.1, 0.15) is 107 Å². The maximum Gasteiger partial charge on any atom is 0.407 e. The van der Waals surface area contributed by atoms with Gasteiger partial charge in [0.15, 0.2) is 0 Å². The van der Waals surface area contributed by atoms with Crippen LogP contribution in [0.3, 0.4) is 0 Å². The Hall–Kier alpha value is -5.99. The third kappa shape index (κ3) is 8.26. The van der Waals surface area contributed by atoms with Crippen LogP contribution in [0.5, 0.6) is 0 Å². The number of alkyl carbamates (subject to hydrolysis) is 2. The number of hydrogen-bond donors (Lipinski definition) is 4. The van der Waals surface area contributed by atoms with Gasteiger partial charge in [-0.3, -0.25) is 9.59 Å². The molecule has 0 radical (unpaired) electrons. The van der Waals surface area contributed by atoms with Gasteiger partial charge in [-0.1, -0.05) is 64.4 Å². The molecule has 3 aliphatic rings. The summed E-state index contributed by atoms with van der Waals surface area (Å²) in [6.45, 7) is 8.99. The van der Waals surface area contributed by atoms with Crippen molar-refractivity contribution in [1.82, 2.24) is 40.4 Å². The zero-order valence-electron chi connectivity index (χ0n) is 35.2. The molecule has 2 aromatic heterocycles. The number of carbonyl (C=O) groups is 4. The first-order chi connectivity index (χ1) is 29.0. The summed E-state index contributed by atoms with van der Waals surface area (Å²) in [5, 5.41) is 7.11. The molecule has 0 spiro atoms. The maximum atomic E-state index is 15.8. The molecule has 0 saturated carbocycles. The highest BCUT2D eigenvalue weighted by Gasteiger charge is 2.38. The molecule has 2 aliphatic heterocycles. The van der Waals surface area contributed by atoms with E-state index in [0.29, 0.717) is 48.8 Å². The highest BCUT2D eigenvalue weighted by molar-refractivity contribution is 6.05. The van der Waals surface area contributed by atoms with Crippen LogP contribution in [0.2, 0.25) is 0 Å². The molecule has 3 aromatic carbocycles. The van der Waals surface area contributed by atoms with E-state index in [1.165, 1.54) is 20.6 Å². The first-order valence-corrected chi connectivity index (χ1v) is 21.0. The number of aromatic amines is 2. The Kier molecular flexibility index (Phi) is 12.7. The second-order valence-corrected chi connectivity index (χ2v) is 16.1. The number of rotatable bonds is 9. The molecular formula is C45H55FN8O6. The summed E-state index contributed by atoms with van der Waals surface area (Å²) in [4.78, 5) is 70.3. The fourth-order valence-corrected chi connectivity index (χ4v) is 8.87. The van der Waals surface area contributed by atoms with E-state index in [4.69, 9.17) is 9.72 Å². The van der Waals surface area contributed by atoms with Crippen molar-refractivity contribution in [3.05, 3.63) is 71.4 Å². The van der Waals surface area contributed by atoms with Crippen LogP contribution in [-0.2, 0) is 25.5 Å². The number of aromatic nitrogens is 4. The Morgan fingerprint density at radius 3 is 2.30 bits per heavy atom. The lowest BCUT2D eigenvalue weighted by atomic mass is 9.91. The van der Waals surface area contributed by atoms with E-state index in [2.05, 4.69) is 68.4 Å². The molecule has 14 nitrogen and oxygen atoms in total. The van der Waals surface area contributed by atoms with E-state index in [1.54, 1.807) is 11.1 Å². The molecule has 5 aromatic rings. The van der Waals surface area contributed by atoms with E-state index in [-0.39, 0.29) is 36.4 Å². The van der Waals surface area contributed by atoms with Crippen molar-refractivity contribution in [2.45, 2.75) is 96.9 Å². The number of methoxy groups -OCH3 is 2. The summed E-state index contributed by atoms with van der Waals surface area (Å²) >= 11 is 0. The van der Waals surface area contributed by atoms with Crippen LogP contribution in [0.15, 0.2) is 48.7 Å². The van der Waals surface area contributed by atoms with Crippen LogP contribution >= 0.6 is 0 Å². The van der Waals surface area contributed by atoms with E-state index in [1.807, 2.05) is 36.9 Å². The minimum absolute atomic E-state index is 0.130. The Balaban J connectivity index is 0.00000176. The average molecular weight is 823 g/mol. The molecule has 2 saturated heterocycles. The van der Waals surface area contributed by atoms with E-state index < -0.39 is 24.4 Å². The molecule has 8 rings (SSSR count). The predicted molar refractivity (Wildman–Crippen MR) is 227 cm³/mol. The number of amides is 4. The summed E-state index contributed by atoms with van der Waals surface area (Å²) in [6, 6.07) is 13.0. The van der Waals surface area contributed by atoms with Crippen molar-refractivity contribution in [2.24, 2.45) is 5.92 Å². The van der Waals surface area contributed by atoms with Gasteiger partial charge < -0.3 is 39.9 Å². The number of carbonyl (C=O) groups excluding carboxylic acids is 4. The largest absolute Gasteiger partial charge is 0.453 e. The van der Waals surface area contributed by atoms with Crippen LogP contribution < -0.4 is 10.6 Å². The summed E-state index contributed by atoms with van der Waals surface area (Å²) in [7, 11) is 2.53. The zero-order chi connectivity index (χ0) is 42.7. The Labute approximate surface area is 349 Å². The third-order valence-electron chi connectivity index (χ3n) is 11.7. The smallest absolute Gasteiger partial charge is 0.407 e. The molecule has 0 bridgehead atoms. The lowest BCUT2D eigenvalue weighted by Crippen LogP contribution is -2.51. The van der Waals surface area contributed by atoms with Gasteiger partial charge in [-0.15, -0.1) is 0 Å². The number of likely N-dealkylation sites (tertiary alicyclic amines) is 2. The van der Waals surface area contributed by atoms with Crippen LogP contribution in [-0.4, -0.2) is 93.6 Å². The topological polar surface area (TPSA) is 175 Å². The summed E-state index contributed by atoms with van der Waals surface area (Å²) in [5.74, 6) is 0.825. The second-order valence-electron chi connectivity index (χ2n) is 16.1. The maximum absolute atomic E-state index is 15.8. The zero-order valence-corrected chi connectivity index (χ0v) is 35.2. The van der Waals surface area contributed by atoms with Crippen molar-refractivity contribution in [1.29, 1.82) is 0 Å². The number of hydrogen-bond acceptors (Lipinski definition) is 8. The summed E-state index contributed by atoms with van der Waals surface area (Å²) in [5.41, 5.74) is 6.71. The average Bonchev–Trinajstić information content (AvgIpc) is 4.11. The molecule has 318 valence electrons. The lowest BCUT2D eigenvalue weighted by Gasteiger charge is -2.29. The first kappa shape index (κ1) is 42.1. The normalized spacial score (nSPS) is 19.0. The standard InChI is InChI=1S/C42H47FN8O6.C3H8/c1-22(2)36(49-42(55)57-4)40(53)51-18-6-8-33(51)39-46-30-16-10-24-19-23(9-11-26(24)37(30)48-39)25-12-13-28(35-27(25)14-15-29(35)43)31-20-44-38(47-31)32-7-5-17-50(32)34(52)21-45-41(54)56-3;1-3-2/h9-13,16,19-20,22,29,32-33,36H,5-8,14-15,17-18,21H2,1-4H3,(H,44,47)(H,45,54)(H,46,48)(H,49,55);3H2,1-2H3. The van der Waals surface area contributed by atoms with Crippen LogP contribution in [0.25, 0.3) is 44.2 Å². The quantitative estimate of drug-likeness (QED) is 0.115. The number of H-pyrrole nitrogens is 2. The minimum atomic E-state index is -1.13. The van der Waals surface area contributed by atoms with E-state index in [0.717, 1.165) is 69.7 Å².